The van der Waals surface area contributed by atoms with Crippen LogP contribution >= 0.6 is 0 Å². The molecule has 1 saturated carbocycles. The molecule has 1 atom stereocenters. The van der Waals surface area contributed by atoms with E-state index >= 15 is 0 Å². The summed E-state index contributed by atoms with van der Waals surface area (Å²) in [7, 11) is 0. The Balaban J connectivity index is 1.68. The van der Waals surface area contributed by atoms with Crippen molar-refractivity contribution in [2.24, 2.45) is 0 Å². The first-order valence-electron chi connectivity index (χ1n) is 10.4. The highest BCUT2D eigenvalue weighted by molar-refractivity contribution is 6.11. The number of anilines is 1. The molecule has 0 aromatic heterocycles. The van der Waals surface area contributed by atoms with Crippen LogP contribution in [0, 0.1) is 0 Å². The molecule has 2 aliphatic heterocycles. The number of fused-ring (bicyclic) bond motifs is 3. The van der Waals surface area contributed by atoms with Crippen molar-refractivity contribution in [3.8, 4) is 0 Å². The highest BCUT2D eigenvalue weighted by atomic mass is 16.2. The molecule has 2 fully saturated rings. The minimum Gasteiger partial charge on any atom is -0.336 e. The van der Waals surface area contributed by atoms with Gasteiger partial charge in [0.05, 0.1) is 11.3 Å². The quantitative estimate of drug-likeness (QED) is 0.802. The van der Waals surface area contributed by atoms with Gasteiger partial charge in [-0.3, -0.25) is 19.3 Å². The van der Waals surface area contributed by atoms with Gasteiger partial charge in [0.25, 0.3) is 5.91 Å². The topological polar surface area (TPSA) is 60.9 Å². The summed E-state index contributed by atoms with van der Waals surface area (Å²) in [6.07, 6.45) is 5.29. The van der Waals surface area contributed by atoms with Gasteiger partial charge in [-0.05, 0) is 52.2 Å². The zero-order valence-electron chi connectivity index (χ0n) is 17.0. The van der Waals surface area contributed by atoms with Crippen LogP contribution in [0.25, 0.3) is 0 Å². The molecular weight excluding hydrogens is 354 g/mol. The molecule has 0 spiro atoms. The molecule has 150 valence electrons. The van der Waals surface area contributed by atoms with Crippen molar-refractivity contribution < 1.29 is 14.4 Å². The molecule has 1 aromatic carbocycles. The van der Waals surface area contributed by atoms with E-state index in [0.29, 0.717) is 24.1 Å². The van der Waals surface area contributed by atoms with E-state index < -0.39 is 5.66 Å². The third-order valence-electron chi connectivity index (χ3n) is 6.60. The molecule has 0 N–H and O–H groups in total. The van der Waals surface area contributed by atoms with Crippen LogP contribution in [0.3, 0.4) is 0 Å². The summed E-state index contributed by atoms with van der Waals surface area (Å²) in [4.78, 5) is 44.7. The van der Waals surface area contributed by atoms with Gasteiger partial charge in [0, 0.05) is 18.5 Å². The van der Waals surface area contributed by atoms with Gasteiger partial charge in [0.15, 0.2) is 0 Å². The van der Waals surface area contributed by atoms with Crippen LogP contribution in [-0.2, 0) is 9.59 Å². The molecular formula is C22H29N3O3. The zero-order valence-corrected chi connectivity index (χ0v) is 17.0. The van der Waals surface area contributed by atoms with E-state index in [1.807, 2.05) is 37.8 Å². The van der Waals surface area contributed by atoms with Crippen molar-refractivity contribution in [1.29, 1.82) is 0 Å². The number of amides is 3. The second-order valence-electron chi connectivity index (χ2n) is 8.69. The normalized spacial score (nSPS) is 24.7. The van der Waals surface area contributed by atoms with Gasteiger partial charge >= 0.3 is 0 Å². The average Bonchev–Trinajstić information content (AvgIpc) is 3.27. The Bertz CT molecular complexity index is 815. The molecule has 0 radical (unpaired) electrons. The average molecular weight is 383 g/mol. The lowest BCUT2D eigenvalue weighted by Gasteiger charge is -2.49. The molecule has 1 aliphatic carbocycles. The van der Waals surface area contributed by atoms with Crippen molar-refractivity contribution in [2.75, 3.05) is 11.4 Å². The number of hydrogen-bond acceptors (Lipinski definition) is 3. The van der Waals surface area contributed by atoms with Crippen molar-refractivity contribution in [3.63, 3.8) is 0 Å². The molecule has 3 amide bonds. The lowest BCUT2D eigenvalue weighted by atomic mass is 9.98. The van der Waals surface area contributed by atoms with Gasteiger partial charge in [-0.15, -0.1) is 0 Å². The SMILES string of the molecule is CC(C)N(C(=O)CN1C(=O)c2ccccc2N2C(=O)CC[C@@]12C)C1CCCC1. The number of para-hydroxylation sites is 1. The minimum absolute atomic E-state index is 0.0106. The molecule has 6 heteroatoms. The number of nitrogens with zero attached hydrogens (tertiary/aromatic N) is 3. The van der Waals surface area contributed by atoms with E-state index in [4.69, 9.17) is 0 Å². The van der Waals surface area contributed by atoms with Gasteiger partial charge in [-0.1, -0.05) is 25.0 Å². The highest BCUT2D eigenvalue weighted by Gasteiger charge is 2.53. The maximum Gasteiger partial charge on any atom is 0.258 e. The van der Waals surface area contributed by atoms with Crippen molar-refractivity contribution in [2.45, 2.75) is 77.0 Å². The van der Waals surface area contributed by atoms with Crippen molar-refractivity contribution in [1.82, 2.24) is 9.80 Å². The number of hydrogen-bond donors (Lipinski definition) is 0. The third kappa shape index (κ3) is 2.81. The van der Waals surface area contributed by atoms with Crippen LogP contribution in [0.15, 0.2) is 24.3 Å². The standard InChI is InChI=1S/C22H29N3O3/c1-15(2)24(16-8-4-5-9-16)20(27)14-23-21(28)17-10-6-7-11-18(17)25-19(26)12-13-22(23,25)3/h6-7,10-11,15-16H,4-5,8-9,12-14H2,1-3H3/t22-/m0/s1. The Labute approximate surface area is 166 Å². The van der Waals surface area contributed by atoms with E-state index in [2.05, 4.69) is 0 Å². The number of benzene rings is 1. The van der Waals surface area contributed by atoms with Crippen LogP contribution in [-0.4, -0.2) is 51.8 Å². The largest absolute Gasteiger partial charge is 0.336 e. The van der Waals surface area contributed by atoms with Gasteiger partial charge in [0.2, 0.25) is 11.8 Å². The maximum atomic E-state index is 13.3. The van der Waals surface area contributed by atoms with Crippen LogP contribution < -0.4 is 4.90 Å². The Kier molecular flexibility index (Phi) is 4.68. The van der Waals surface area contributed by atoms with Crippen LogP contribution in [0.2, 0.25) is 0 Å². The molecule has 4 rings (SSSR count). The Morgan fingerprint density at radius 1 is 1.21 bits per heavy atom. The summed E-state index contributed by atoms with van der Waals surface area (Å²) in [5.41, 5.74) is 0.383. The molecule has 1 saturated heterocycles. The molecule has 0 unspecified atom stereocenters. The predicted octanol–water partition coefficient (Wildman–Crippen LogP) is 3.17. The fourth-order valence-electron chi connectivity index (χ4n) is 5.25. The lowest BCUT2D eigenvalue weighted by molar-refractivity contribution is -0.137. The van der Waals surface area contributed by atoms with E-state index in [1.165, 1.54) is 0 Å². The molecule has 28 heavy (non-hydrogen) atoms. The van der Waals surface area contributed by atoms with Crippen molar-refractivity contribution in [3.05, 3.63) is 29.8 Å². The molecule has 6 nitrogen and oxygen atoms in total. The Morgan fingerprint density at radius 2 is 1.89 bits per heavy atom. The van der Waals surface area contributed by atoms with Crippen molar-refractivity contribution >= 4 is 23.4 Å². The molecule has 1 aromatic rings. The fourth-order valence-corrected chi connectivity index (χ4v) is 5.25. The number of carbonyl (C=O) groups excluding carboxylic acids is 3. The summed E-state index contributed by atoms with van der Waals surface area (Å²) in [6.45, 7) is 6.00. The van der Waals surface area contributed by atoms with Crippen LogP contribution in [0.5, 0.6) is 0 Å². The van der Waals surface area contributed by atoms with E-state index in [9.17, 15) is 14.4 Å². The molecule has 3 aliphatic rings. The fraction of sp³-hybridized carbons (Fsp3) is 0.591. The smallest absolute Gasteiger partial charge is 0.258 e. The van der Waals surface area contributed by atoms with Crippen LogP contribution in [0.1, 0.15) is 69.7 Å². The van der Waals surface area contributed by atoms with Crippen LogP contribution in [0.4, 0.5) is 5.69 Å². The van der Waals surface area contributed by atoms with E-state index in [-0.39, 0.29) is 36.3 Å². The molecule has 0 bridgehead atoms. The summed E-state index contributed by atoms with van der Waals surface area (Å²) in [5, 5.41) is 0. The first-order valence-corrected chi connectivity index (χ1v) is 10.4. The van der Waals surface area contributed by atoms with Gasteiger partial charge in [-0.2, -0.15) is 0 Å². The van der Waals surface area contributed by atoms with E-state index in [0.717, 1.165) is 25.7 Å². The van der Waals surface area contributed by atoms with Gasteiger partial charge in [-0.25, -0.2) is 0 Å². The third-order valence-corrected chi connectivity index (χ3v) is 6.60. The Morgan fingerprint density at radius 3 is 2.57 bits per heavy atom. The predicted molar refractivity (Wildman–Crippen MR) is 107 cm³/mol. The highest BCUT2D eigenvalue weighted by Crippen LogP contribution is 2.44. The summed E-state index contributed by atoms with van der Waals surface area (Å²) in [6, 6.07) is 7.58. The lowest BCUT2D eigenvalue weighted by Crippen LogP contribution is -2.64. The maximum absolute atomic E-state index is 13.3. The second-order valence-corrected chi connectivity index (χ2v) is 8.69. The van der Waals surface area contributed by atoms with Gasteiger partial charge < -0.3 is 9.80 Å². The Hall–Kier alpha value is -2.37. The number of rotatable bonds is 4. The minimum atomic E-state index is -0.781. The van der Waals surface area contributed by atoms with E-state index in [1.54, 1.807) is 21.9 Å². The summed E-state index contributed by atoms with van der Waals surface area (Å²) >= 11 is 0. The summed E-state index contributed by atoms with van der Waals surface area (Å²) < 4.78 is 0. The monoisotopic (exact) mass is 383 g/mol. The second kappa shape index (κ2) is 6.90. The first-order chi connectivity index (χ1) is 13.3. The first kappa shape index (κ1) is 19.0. The van der Waals surface area contributed by atoms with Gasteiger partial charge in [0.1, 0.15) is 12.2 Å². The zero-order chi connectivity index (χ0) is 20.1. The number of carbonyl (C=O) groups is 3. The molecule has 2 heterocycles. The summed E-state index contributed by atoms with van der Waals surface area (Å²) in [5.74, 6) is -0.168.